The second-order valence-electron chi connectivity index (χ2n) is 3.14. The summed E-state index contributed by atoms with van der Waals surface area (Å²) in [6.45, 7) is 2.08. The topological polar surface area (TPSA) is 0 Å². The van der Waals surface area contributed by atoms with Crippen molar-refractivity contribution in [3.8, 4) is 0 Å². The molecule has 0 aromatic heterocycles. The molecular weight excluding hydrogens is 403 g/mol. The molecule has 0 saturated heterocycles. The van der Waals surface area contributed by atoms with Crippen LogP contribution in [0.5, 0.6) is 0 Å². The van der Waals surface area contributed by atoms with Crippen LogP contribution in [0, 0.1) is 6.92 Å². The van der Waals surface area contributed by atoms with Crippen LogP contribution in [0.1, 0.15) is 5.56 Å². The predicted molar refractivity (Wildman–Crippen MR) is 71.4 cm³/mol. The maximum absolute atomic E-state index is 9.75. The molecule has 0 nitrogen and oxygen atoms in total. The van der Waals surface area contributed by atoms with Crippen LogP contribution in [0.2, 0.25) is 0 Å². The first-order valence-corrected chi connectivity index (χ1v) is 5.03. The molecule has 0 amide bonds. The van der Waals surface area contributed by atoms with E-state index in [-0.39, 0.29) is 56.1 Å². The first kappa shape index (κ1) is 35.3. The van der Waals surface area contributed by atoms with Gasteiger partial charge in [0.15, 0.2) is 0 Å². The normalized spacial score (nSPS) is 10.0. The summed E-state index contributed by atoms with van der Waals surface area (Å²) in [5.41, 5.74) is 1.32. The van der Waals surface area contributed by atoms with E-state index in [0.717, 1.165) is 0 Å². The van der Waals surface area contributed by atoms with Crippen LogP contribution in [-0.2, 0) is 0 Å². The van der Waals surface area contributed by atoms with Crippen LogP contribution in [0.4, 0.5) is 56.5 Å². The summed E-state index contributed by atoms with van der Waals surface area (Å²) in [5, 5.41) is 0. The fourth-order valence-electron chi connectivity index (χ4n) is 0.534. The van der Waals surface area contributed by atoms with Gasteiger partial charge in [0.1, 0.15) is 0 Å². The Morgan fingerprint density at radius 1 is 0.542 bits per heavy atom. The predicted octanol–water partition coefficient (Wildman–Crippen LogP) is 5.40. The summed E-state index contributed by atoms with van der Waals surface area (Å²) in [4.78, 5) is 0. The zero-order valence-corrected chi connectivity index (χ0v) is 11.1. The van der Waals surface area contributed by atoms with Crippen LogP contribution < -0.4 is 0 Å². The number of benzene rings is 1. The Morgan fingerprint density at radius 2 is 0.708 bits per heavy atom. The third-order valence-corrected chi connectivity index (χ3v) is 0.940. The van der Waals surface area contributed by atoms with Crippen molar-refractivity contribution in [3.63, 3.8) is 0 Å². The molecule has 0 heterocycles. The van der Waals surface area contributed by atoms with E-state index in [4.69, 9.17) is 0 Å². The molecule has 0 atom stereocenters. The Morgan fingerprint density at radius 3 is 0.792 bits per heavy atom. The minimum absolute atomic E-state index is 0. The zero-order valence-electron chi connectivity index (χ0n) is 11.1. The minimum atomic E-state index is -6.00. The van der Waals surface area contributed by atoms with Crippen molar-refractivity contribution >= 4 is 73.1 Å². The number of rotatable bonds is 0. The number of hydrogen-bond acceptors (Lipinski definition) is 0. The molecule has 0 aliphatic rings. The van der Waals surface area contributed by atoms with Crippen molar-refractivity contribution in [2.24, 2.45) is 0 Å². The van der Waals surface area contributed by atoms with Gasteiger partial charge >= 0.3 is 73.1 Å². The van der Waals surface area contributed by atoms with Gasteiger partial charge in [0.05, 0.1) is 0 Å². The Balaban J connectivity index is -0.0000000661. The van der Waals surface area contributed by atoms with Crippen molar-refractivity contribution in [1.29, 1.82) is 0 Å². The Hall–Kier alpha value is 0.141. The fourth-order valence-corrected chi connectivity index (χ4v) is 0.534. The van der Waals surface area contributed by atoms with Gasteiger partial charge in [0.2, 0.25) is 0 Å². The van der Waals surface area contributed by atoms with Gasteiger partial charge in [0.25, 0.3) is 0 Å². The van der Waals surface area contributed by atoms with E-state index < -0.39 is 21.8 Å². The average Bonchev–Trinajstić information content (AvgIpc) is 2.09. The molecule has 1 aromatic rings. The van der Waals surface area contributed by atoms with Crippen molar-refractivity contribution in [2.45, 2.75) is 6.92 Å². The van der Waals surface area contributed by atoms with Crippen molar-refractivity contribution in [3.05, 3.63) is 35.9 Å². The molecule has 0 fully saturated rings. The molecule has 0 unspecified atom stereocenters. The van der Waals surface area contributed by atoms with Gasteiger partial charge < -0.3 is 51.8 Å². The van der Waals surface area contributed by atoms with Gasteiger partial charge in [-0.15, -0.1) is 0 Å². The maximum atomic E-state index is 9.75. The van der Waals surface area contributed by atoms with Gasteiger partial charge in [-0.25, -0.2) is 0 Å². The van der Waals surface area contributed by atoms with Gasteiger partial charge in [-0.3, -0.25) is 4.70 Å². The van der Waals surface area contributed by atoms with E-state index in [2.05, 4.69) is 19.1 Å². The molecule has 0 spiro atoms. The summed E-state index contributed by atoms with van der Waals surface area (Å²) >= 11 is 0. The molecule has 0 bridgehead atoms. The molecule has 0 saturated carbocycles. The summed E-state index contributed by atoms with van der Waals surface area (Å²) in [7, 11) is -18.0. The van der Waals surface area contributed by atoms with Crippen LogP contribution in [0.25, 0.3) is 0 Å². The van der Waals surface area contributed by atoms with E-state index >= 15 is 0 Å². The number of aryl methyl sites for hydroxylation is 1. The van der Waals surface area contributed by atoms with E-state index in [1.165, 1.54) is 5.56 Å². The monoisotopic (exact) mass is 413 g/mol. The third-order valence-electron chi connectivity index (χ3n) is 0.940. The molecule has 1 aromatic carbocycles. The third kappa shape index (κ3) is 149. The first-order chi connectivity index (χ1) is 9.39. The van der Waals surface area contributed by atoms with Crippen LogP contribution in [-0.4, -0.2) is 73.1 Å². The van der Waals surface area contributed by atoms with Crippen LogP contribution in [0.3, 0.4) is 0 Å². The van der Waals surface area contributed by atoms with Gasteiger partial charge in [-0.1, -0.05) is 35.9 Å². The van der Waals surface area contributed by atoms with Gasteiger partial charge in [0, 0.05) is 0 Å². The van der Waals surface area contributed by atoms with Crippen molar-refractivity contribution in [2.75, 3.05) is 0 Å². The second-order valence-corrected chi connectivity index (χ2v) is 3.14. The van der Waals surface area contributed by atoms with E-state index in [1.54, 1.807) is 0 Å². The fraction of sp³-hybridized carbons (Fsp3) is 0.143. The zero-order chi connectivity index (χ0) is 18.6. The molecule has 17 heteroatoms. The molecule has 1 rings (SSSR count). The van der Waals surface area contributed by atoms with Gasteiger partial charge in [-0.2, -0.15) is 0 Å². The number of halogens is 13. The molecule has 0 aliphatic heterocycles. The quantitative estimate of drug-likeness (QED) is 0.395. The van der Waals surface area contributed by atoms with E-state index in [0.29, 0.717) is 0 Å². The standard InChI is InChI=1S/C7H8.3BF4.FH.K.H/c1-7-5-3-2-4-6-7;3*2-1(3,4)5;;;/h2-6H,1H3;;;;1H;;/q;3*-1;;;. The van der Waals surface area contributed by atoms with Gasteiger partial charge in [-0.05, 0) is 6.92 Å². The van der Waals surface area contributed by atoms with E-state index in [1.807, 2.05) is 18.2 Å². The Kier molecular flexibility index (Phi) is 24.4. The summed E-state index contributed by atoms with van der Waals surface area (Å²) in [6, 6.07) is 10.3. The number of hydrogen-bond donors (Lipinski definition) is 0. The summed E-state index contributed by atoms with van der Waals surface area (Å²) in [6.07, 6.45) is 0. The SMILES string of the molecule is Cc1ccccc1.F.F[B-](F)(F)F.F[B-](F)(F)F.F[B-](F)(F)F.[KH]. The Labute approximate surface area is 171 Å². The molecule has 0 aliphatic carbocycles. The molecule has 24 heavy (non-hydrogen) atoms. The molecular formula is C7H10B3F13K-3. The summed E-state index contributed by atoms with van der Waals surface area (Å²) in [5.74, 6) is 0. The molecule has 0 N–H and O–H groups in total. The van der Waals surface area contributed by atoms with Crippen LogP contribution >= 0.6 is 0 Å². The average molecular weight is 413 g/mol. The molecule has 0 radical (unpaired) electrons. The van der Waals surface area contributed by atoms with Crippen molar-refractivity contribution < 1.29 is 56.5 Å². The Bertz CT molecular complexity index is 316. The van der Waals surface area contributed by atoms with Crippen LogP contribution in [0.15, 0.2) is 30.3 Å². The molecule has 142 valence electrons. The first-order valence-electron chi connectivity index (χ1n) is 5.03. The van der Waals surface area contributed by atoms with E-state index in [9.17, 15) is 51.8 Å². The second kappa shape index (κ2) is 16.6. The van der Waals surface area contributed by atoms with Crippen molar-refractivity contribution in [1.82, 2.24) is 0 Å². The summed E-state index contributed by atoms with van der Waals surface area (Å²) < 4.78 is 117.